The highest BCUT2D eigenvalue weighted by Gasteiger charge is 2.62. The van der Waals surface area contributed by atoms with Gasteiger partial charge >= 0.3 is 12.0 Å². The van der Waals surface area contributed by atoms with Crippen molar-refractivity contribution in [1.82, 2.24) is 10.2 Å². The summed E-state index contributed by atoms with van der Waals surface area (Å²) < 4.78 is 52.5. The Labute approximate surface area is 220 Å². The first-order valence-electron chi connectivity index (χ1n) is 12.8. The van der Waals surface area contributed by atoms with E-state index in [1.165, 1.54) is 17.0 Å². The molecule has 1 atom stereocenters. The van der Waals surface area contributed by atoms with Gasteiger partial charge in [-0.05, 0) is 75.9 Å². The van der Waals surface area contributed by atoms with E-state index in [-0.39, 0.29) is 12.4 Å². The highest BCUT2D eigenvalue weighted by atomic mass is 19.3. The van der Waals surface area contributed by atoms with Crippen LogP contribution in [0.1, 0.15) is 62.8 Å². The summed E-state index contributed by atoms with van der Waals surface area (Å²) in [6.45, 7) is 8.32. The Bertz CT molecular complexity index is 1120. The van der Waals surface area contributed by atoms with Crippen molar-refractivity contribution < 1.29 is 37.3 Å². The fourth-order valence-corrected chi connectivity index (χ4v) is 4.73. The number of urea groups is 1. The molecule has 1 saturated carbocycles. The van der Waals surface area contributed by atoms with Gasteiger partial charge in [-0.2, -0.15) is 0 Å². The number of aliphatic carboxylic acids is 1. The number of hydrogen-bond donors (Lipinski definition) is 2. The van der Waals surface area contributed by atoms with Crippen LogP contribution in [0.5, 0.6) is 11.5 Å². The SMILES string of the molecule is CCOc1cc(C(C)N(CCCc2cccc(F)c2)C(=O)NC2(C(=O)O)CC(F)(F)C2)cc(OCC)c1C. The largest absolute Gasteiger partial charge is 0.493 e. The average Bonchev–Trinajstić information content (AvgIpc) is 2.82. The van der Waals surface area contributed by atoms with Gasteiger partial charge in [0.15, 0.2) is 5.54 Å². The van der Waals surface area contributed by atoms with Gasteiger partial charge in [-0.15, -0.1) is 0 Å². The molecule has 208 valence electrons. The summed E-state index contributed by atoms with van der Waals surface area (Å²) in [5.41, 5.74) is 0.174. The summed E-state index contributed by atoms with van der Waals surface area (Å²) in [5.74, 6) is -3.86. The van der Waals surface area contributed by atoms with E-state index in [0.29, 0.717) is 43.1 Å². The summed E-state index contributed by atoms with van der Waals surface area (Å²) in [4.78, 5) is 26.7. The standard InChI is InChI=1S/C28H35F3N2O5/c1-5-37-23-14-21(15-24(18(23)3)38-6-2)19(4)33(12-8-10-20-9-7-11-22(29)13-20)26(36)32-27(25(34)35)16-28(30,31)17-27/h7,9,11,13-15,19H,5-6,8,10,12,16-17H2,1-4H3,(H,32,36)(H,34,35). The lowest BCUT2D eigenvalue weighted by atomic mass is 9.73. The lowest BCUT2D eigenvalue weighted by molar-refractivity contribution is -0.175. The molecule has 1 aliphatic rings. The van der Waals surface area contributed by atoms with E-state index in [9.17, 15) is 27.9 Å². The molecule has 38 heavy (non-hydrogen) atoms. The van der Waals surface area contributed by atoms with Crippen LogP contribution in [-0.4, -0.2) is 53.2 Å². The summed E-state index contributed by atoms with van der Waals surface area (Å²) in [5, 5.41) is 12.0. The number of carboxylic acids is 1. The first-order valence-corrected chi connectivity index (χ1v) is 12.8. The van der Waals surface area contributed by atoms with E-state index < -0.39 is 42.3 Å². The van der Waals surface area contributed by atoms with Gasteiger partial charge in [-0.3, -0.25) is 0 Å². The molecule has 2 aromatic rings. The van der Waals surface area contributed by atoms with Crippen molar-refractivity contribution in [3.63, 3.8) is 0 Å². The van der Waals surface area contributed by atoms with Crippen LogP contribution in [0.2, 0.25) is 0 Å². The van der Waals surface area contributed by atoms with Crippen molar-refractivity contribution in [3.05, 3.63) is 58.9 Å². The minimum Gasteiger partial charge on any atom is -0.493 e. The number of ether oxygens (including phenoxy) is 2. The Hall–Kier alpha value is -3.43. The van der Waals surface area contributed by atoms with Crippen LogP contribution in [0.25, 0.3) is 0 Å². The van der Waals surface area contributed by atoms with Crippen molar-refractivity contribution in [2.75, 3.05) is 19.8 Å². The third kappa shape index (κ3) is 6.71. The van der Waals surface area contributed by atoms with Gasteiger partial charge in [-0.25, -0.2) is 22.8 Å². The highest BCUT2D eigenvalue weighted by molar-refractivity contribution is 5.88. The Morgan fingerprint density at radius 2 is 1.71 bits per heavy atom. The first-order chi connectivity index (χ1) is 17.9. The molecule has 7 nitrogen and oxygen atoms in total. The predicted molar refractivity (Wildman–Crippen MR) is 136 cm³/mol. The molecule has 1 fully saturated rings. The third-order valence-corrected chi connectivity index (χ3v) is 6.78. The van der Waals surface area contributed by atoms with Crippen LogP contribution in [0.15, 0.2) is 36.4 Å². The maximum atomic E-state index is 13.7. The van der Waals surface area contributed by atoms with Gasteiger partial charge in [0.25, 0.3) is 5.92 Å². The molecule has 0 saturated heterocycles. The molecule has 2 amide bonds. The number of aryl methyl sites for hydroxylation is 1. The maximum Gasteiger partial charge on any atom is 0.329 e. The number of rotatable bonds is 12. The monoisotopic (exact) mass is 536 g/mol. The Morgan fingerprint density at radius 3 is 2.21 bits per heavy atom. The second-order valence-electron chi connectivity index (χ2n) is 9.64. The number of benzene rings is 2. The second kappa shape index (κ2) is 12.0. The fraction of sp³-hybridized carbons (Fsp3) is 0.500. The van der Waals surface area contributed by atoms with Gasteiger partial charge in [0.05, 0.1) is 19.3 Å². The number of halogens is 3. The molecular formula is C28H35F3N2O5. The molecule has 0 aromatic heterocycles. The van der Waals surface area contributed by atoms with E-state index in [2.05, 4.69) is 5.32 Å². The molecule has 0 radical (unpaired) electrons. The average molecular weight is 537 g/mol. The van der Waals surface area contributed by atoms with Gasteiger partial charge in [0.1, 0.15) is 17.3 Å². The zero-order chi connectivity index (χ0) is 28.1. The molecule has 2 aromatic carbocycles. The minimum absolute atomic E-state index is 0.164. The molecule has 10 heteroatoms. The van der Waals surface area contributed by atoms with Crippen LogP contribution in [0.4, 0.5) is 18.0 Å². The van der Waals surface area contributed by atoms with Crippen LogP contribution in [0.3, 0.4) is 0 Å². The number of carbonyl (C=O) groups is 2. The van der Waals surface area contributed by atoms with Crippen molar-refractivity contribution in [1.29, 1.82) is 0 Å². The number of nitrogens with one attached hydrogen (secondary N) is 1. The molecule has 1 unspecified atom stereocenters. The summed E-state index contributed by atoms with van der Waals surface area (Å²) in [6.07, 6.45) is -1.06. The minimum atomic E-state index is -3.16. The van der Waals surface area contributed by atoms with Crippen molar-refractivity contribution in [2.24, 2.45) is 0 Å². The first kappa shape index (κ1) is 29.1. The highest BCUT2D eigenvalue weighted by Crippen LogP contribution is 2.46. The number of carbonyl (C=O) groups excluding carboxylic acids is 1. The van der Waals surface area contributed by atoms with Crippen LogP contribution < -0.4 is 14.8 Å². The van der Waals surface area contributed by atoms with Crippen molar-refractivity contribution in [2.45, 2.75) is 70.9 Å². The molecule has 3 rings (SSSR count). The van der Waals surface area contributed by atoms with Gasteiger partial charge in [0.2, 0.25) is 0 Å². The Balaban J connectivity index is 1.90. The molecule has 1 aliphatic carbocycles. The molecule has 0 bridgehead atoms. The number of hydrogen-bond acceptors (Lipinski definition) is 4. The topological polar surface area (TPSA) is 88.1 Å². The summed E-state index contributed by atoms with van der Waals surface area (Å²) in [7, 11) is 0. The molecule has 0 spiro atoms. The predicted octanol–water partition coefficient (Wildman–Crippen LogP) is 5.89. The lowest BCUT2D eigenvalue weighted by Gasteiger charge is -2.45. The molecular weight excluding hydrogens is 501 g/mol. The number of nitrogens with zero attached hydrogens (tertiary/aromatic N) is 1. The van der Waals surface area contributed by atoms with Gasteiger partial charge in [0, 0.05) is 24.9 Å². The van der Waals surface area contributed by atoms with E-state index in [1.807, 2.05) is 20.8 Å². The summed E-state index contributed by atoms with van der Waals surface area (Å²) >= 11 is 0. The van der Waals surface area contributed by atoms with Gasteiger partial charge < -0.3 is 24.8 Å². The molecule has 2 N–H and O–H groups in total. The quantitative estimate of drug-likeness (QED) is 0.353. The van der Waals surface area contributed by atoms with E-state index >= 15 is 0 Å². The van der Waals surface area contributed by atoms with Crippen molar-refractivity contribution in [3.8, 4) is 11.5 Å². The Kier molecular flexibility index (Phi) is 9.17. The molecule has 0 aliphatic heterocycles. The van der Waals surface area contributed by atoms with E-state index in [0.717, 1.165) is 11.1 Å². The lowest BCUT2D eigenvalue weighted by Crippen LogP contribution is -2.68. The van der Waals surface area contributed by atoms with Crippen LogP contribution in [0, 0.1) is 12.7 Å². The van der Waals surface area contributed by atoms with E-state index in [1.54, 1.807) is 31.2 Å². The normalized spacial score (nSPS) is 16.2. The number of carboxylic acid groups (broad SMARTS) is 1. The maximum absolute atomic E-state index is 13.7. The zero-order valence-corrected chi connectivity index (χ0v) is 22.2. The summed E-state index contributed by atoms with van der Waals surface area (Å²) in [6, 6.07) is 8.35. The number of amides is 2. The fourth-order valence-electron chi connectivity index (χ4n) is 4.73. The molecule has 0 heterocycles. The zero-order valence-electron chi connectivity index (χ0n) is 22.2. The Morgan fingerprint density at radius 1 is 1.11 bits per heavy atom. The van der Waals surface area contributed by atoms with Gasteiger partial charge in [-0.1, -0.05) is 12.1 Å². The van der Waals surface area contributed by atoms with Crippen molar-refractivity contribution >= 4 is 12.0 Å². The van der Waals surface area contributed by atoms with Crippen LogP contribution >= 0.6 is 0 Å². The smallest absolute Gasteiger partial charge is 0.329 e. The number of alkyl halides is 2. The van der Waals surface area contributed by atoms with E-state index in [4.69, 9.17) is 9.47 Å². The van der Waals surface area contributed by atoms with Crippen LogP contribution in [-0.2, 0) is 11.2 Å². The third-order valence-electron chi connectivity index (χ3n) is 6.78. The second-order valence-corrected chi connectivity index (χ2v) is 9.64.